The molecule has 0 aliphatic heterocycles. The maximum atomic E-state index is 12.0. The standard InChI is InChI=1S/C13H17BrN2O2/c14-11-6-1-8(7-12(11)17)13(18)16-10-4-2-9(15)3-5-10/h1,6-7,9-10,17H,2-5,15H2,(H,16,18). The molecule has 0 unspecified atom stereocenters. The summed E-state index contributed by atoms with van der Waals surface area (Å²) in [7, 11) is 0. The van der Waals surface area contributed by atoms with Gasteiger partial charge in [-0.05, 0) is 59.8 Å². The van der Waals surface area contributed by atoms with Gasteiger partial charge < -0.3 is 16.2 Å². The van der Waals surface area contributed by atoms with E-state index in [0.717, 1.165) is 25.7 Å². The Morgan fingerprint density at radius 2 is 2.00 bits per heavy atom. The van der Waals surface area contributed by atoms with E-state index in [2.05, 4.69) is 21.2 Å². The number of carbonyl (C=O) groups excluding carboxylic acids is 1. The van der Waals surface area contributed by atoms with Gasteiger partial charge in [-0.25, -0.2) is 0 Å². The average molecular weight is 313 g/mol. The molecule has 0 heterocycles. The highest BCUT2D eigenvalue weighted by Gasteiger charge is 2.20. The normalized spacial score (nSPS) is 23.7. The third-order valence-corrected chi connectivity index (χ3v) is 3.99. The van der Waals surface area contributed by atoms with Crippen LogP contribution in [0.4, 0.5) is 0 Å². The van der Waals surface area contributed by atoms with E-state index in [1.165, 1.54) is 6.07 Å². The van der Waals surface area contributed by atoms with Crippen LogP contribution in [0.3, 0.4) is 0 Å². The molecule has 0 saturated heterocycles. The molecule has 1 saturated carbocycles. The number of carbonyl (C=O) groups is 1. The van der Waals surface area contributed by atoms with Crippen LogP contribution in [0.5, 0.6) is 5.75 Å². The van der Waals surface area contributed by atoms with E-state index >= 15 is 0 Å². The van der Waals surface area contributed by atoms with Gasteiger partial charge in [0.1, 0.15) is 5.75 Å². The quantitative estimate of drug-likeness (QED) is 0.783. The fraction of sp³-hybridized carbons (Fsp3) is 0.462. The van der Waals surface area contributed by atoms with Gasteiger partial charge in [0, 0.05) is 17.6 Å². The molecule has 4 N–H and O–H groups in total. The molecule has 5 heteroatoms. The first-order valence-electron chi connectivity index (χ1n) is 6.11. The lowest BCUT2D eigenvalue weighted by molar-refractivity contribution is 0.0925. The van der Waals surface area contributed by atoms with Gasteiger partial charge >= 0.3 is 0 Å². The van der Waals surface area contributed by atoms with Gasteiger partial charge in [-0.2, -0.15) is 0 Å². The molecule has 18 heavy (non-hydrogen) atoms. The van der Waals surface area contributed by atoms with Gasteiger partial charge in [0.05, 0.1) is 4.47 Å². The van der Waals surface area contributed by atoms with Gasteiger partial charge in [0.25, 0.3) is 5.91 Å². The third-order valence-electron chi connectivity index (χ3n) is 3.32. The summed E-state index contributed by atoms with van der Waals surface area (Å²) in [6.07, 6.45) is 3.76. The molecule has 1 aromatic carbocycles. The van der Waals surface area contributed by atoms with Crippen molar-refractivity contribution in [3.8, 4) is 5.75 Å². The first-order valence-corrected chi connectivity index (χ1v) is 6.90. The second kappa shape index (κ2) is 5.71. The first-order chi connectivity index (χ1) is 8.56. The van der Waals surface area contributed by atoms with Gasteiger partial charge in [-0.1, -0.05) is 0 Å². The number of halogens is 1. The number of aromatic hydroxyl groups is 1. The summed E-state index contributed by atoms with van der Waals surface area (Å²) < 4.78 is 0.586. The Balaban J connectivity index is 1.97. The number of hydrogen-bond acceptors (Lipinski definition) is 3. The SMILES string of the molecule is NC1CCC(NC(=O)c2ccc(Br)c(O)c2)CC1. The fourth-order valence-corrected chi connectivity index (χ4v) is 2.43. The van der Waals surface area contributed by atoms with E-state index in [4.69, 9.17) is 5.73 Å². The lowest BCUT2D eigenvalue weighted by Gasteiger charge is -2.26. The Labute approximate surface area is 115 Å². The second-order valence-corrected chi connectivity index (χ2v) is 5.61. The summed E-state index contributed by atoms with van der Waals surface area (Å²) >= 11 is 3.19. The van der Waals surface area contributed by atoms with Crippen LogP contribution in [0.1, 0.15) is 36.0 Å². The molecule has 98 valence electrons. The summed E-state index contributed by atoms with van der Waals surface area (Å²) in [6.45, 7) is 0. The number of amides is 1. The molecular formula is C13H17BrN2O2. The van der Waals surface area contributed by atoms with Crippen LogP contribution in [-0.4, -0.2) is 23.1 Å². The average Bonchev–Trinajstić information content (AvgIpc) is 2.35. The topological polar surface area (TPSA) is 75.3 Å². The number of rotatable bonds is 2. The highest BCUT2D eigenvalue weighted by molar-refractivity contribution is 9.10. The zero-order valence-electron chi connectivity index (χ0n) is 10.0. The van der Waals surface area contributed by atoms with Crippen LogP contribution in [0.2, 0.25) is 0 Å². The Morgan fingerprint density at radius 1 is 1.33 bits per heavy atom. The van der Waals surface area contributed by atoms with Gasteiger partial charge in [0.15, 0.2) is 0 Å². The maximum absolute atomic E-state index is 12.0. The smallest absolute Gasteiger partial charge is 0.251 e. The van der Waals surface area contributed by atoms with Crippen molar-refractivity contribution in [3.05, 3.63) is 28.2 Å². The highest BCUT2D eigenvalue weighted by Crippen LogP contribution is 2.24. The molecule has 1 fully saturated rings. The molecule has 1 aliphatic carbocycles. The Kier molecular flexibility index (Phi) is 4.24. The molecule has 1 aromatic rings. The Morgan fingerprint density at radius 3 is 2.61 bits per heavy atom. The van der Waals surface area contributed by atoms with Crippen molar-refractivity contribution in [1.82, 2.24) is 5.32 Å². The Bertz CT molecular complexity index is 443. The van der Waals surface area contributed by atoms with Crippen molar-refractivity contribution in [2.24, 2.45) is 5.73 Å². The van der Waals surface area contributed by atoms with E-state index in [-0.39, 0.29) is 23.7 Å². The number of phenolic OH excluding ortho intramolecular Hbond substituents is 1. The highest BCUT2D eigenvalue weighted by atomic mass is 79.9. The van der Waals surface area contributed by atoms with E-state index in [9.17, 15) is 9.90 Å². The largest absolute Gasteiger partial charge is 0.507 e. The lowest BCUT2D eigenvalue weighted by atomic mass is 9.91. The van der Waals surface area contributed by atoms with Crippen LogP contribution < -0.4 is 11.1 Å². The summed E-state index contributed by atoms with van der Waals surface area (Å²) in [5, 5.41) is 12.5. The van der Waals surface area contributed by atoms with Crippen LogP contribution in [0, 0.1) is 0 Å². The van der Waals surface area contributed by atoms with Gasteiger partial charge in [-0.15, -0.1) is 0 Å². The van der Waals surface area contributed by atoms with Crippen molar-refractivity contribution in [1.29, 1.82) is 0 Å². The number of phenols is 1. The molecule has 0 spiro atoms. The number of hydrogen-bond donors (Lipinski definition) is 3. The summed E-state index contributed by atoms with van der Waals surface area (Å²) in [6, 6.07) is 5.29. The van der Waals surface area contributed by atoms with Gasteiger partial charge in [0.2, 0.25) is 0 Å². The zero-order valence-corrected chi connectivity index (χ0v) is 11.6. The first kappa shape index (κ1) is 13.4. The van der Waals surface area contributed by atoms with Crippen LogP contribution in [0.15, 0.2) is 22.7 Å². The zero-order chi connectivity index (χ0) is 13.1. The predicted octanol–water partition coefficient (Wildman–Crippen LogP) is 2.15. The summed E-state index contributed by atoms with van der Waals surface area (Å²) in [5.41, 5.74) is 6.30. The van der Waals surface area contributed by atoms with E-state index < -0.39 is 0 Å². The molecule has 2 rings (SSSR count). The number of nitrogens with two attached hydrogens (primary N) is 1. The minimum Gasteiger partial charge on any atom is -0.507 e. The molecular weight excluding hydrogens is 296 g/mol. The third kappa shape index (κ3) is 3.23. The number of benzene rings is 1. The monoisotopic (exact) mass is 312 g/mol. The van der Waals surface area contributed by atoms with E-state index in [1.54, 1.807) is 12.1 Å². The number of nitrogens with one attached hydrogen (secondary N) is 1. The fourth-order valence-electron chi connectivity index (χ4n) is 2.19. The molecule has 0 atom stereocenters. The van der Waals surface area contributed by atoms with E-state index in [0.29, 0.717) is 10.0 Å². The molecule has 0 bridgehead atoms. The minimum atomic E-state index is -0.140. The minimum absolute atomic E-state index is 0.0771. The van der Waals surface area contributed by atoms with E-state index in [1.807, 2.05) is 0 Å². The summed E-state index contributed by atoms with van der Waals surface area (Å²) in [5.74, 6) is -0.0633. The van der Waals surface area contributed by atoms with Crippen molar-refractivity contribution in [2.75, 3.05) is 0 Å². The maximum Gasteiger partial charge on any atom is 0.251 e. The Hall–Kier alpha value is -1.07. The van der Waals surface area contributed by atoms with Crippen LogP contribution in [-0.2, 0) is 0 Å². The van der Waals surface area contributed by atoms with Crippen molar-refractivity contribution >= 4 is 21.8 Å². The van der Waals surface area contributed by atoms with Crippen molar-refractivity contribution in [3.63, 3.8) is 0 Å². The van der Waals surface area contributed by atoms with Crippen molar-refractivity contribution in [2.45, 2.75) is 37.8 Å². The van der Waals surface area contributed by atoms with Crippen LogP contribution >= 0.6 is 15.9 Å². The molecule has 1 aliphatic rings. The molecule has 1 amide bonds. The molecule has 0 radical (unpaired) electrons. The molecule has 0 aromatic heterocycles. The van der Waals surface area contributed by atoms with Crippen molar-refractivity contribution < 1.29 is 9.90 Å². The predicted molar refractivity (Wildman–Crippen MR) is 73.5 cm³/mol. The summed E-state index contributed by atoms with van der Waals surface area (Å²) in [4.78, 5) is 12.0. The van der Waals surface area contributed by atoms with Gasteiger partial charge in [-0.3, -0.25) is 4.79 Å². The lowest BCUT2D eigenvalue weighted by Crippen LogP contribution is -2.40. The second-order valence-electron chi connectivity index (χ2n) is 4.75. The van der Waals surface area contributed by atoms with Crippen LogP contribution in [0.25, 0.3) is 0 Å². The molecule has 4 nitrogen and oxygen atoms in total.